The topological polar surface area (TPSA) is 12.9 Å². The van der Waals surface area contributed by atoms with Crippen LogP contribution in [0.5, 0.6) is 0 Å². The third kappa shape index (κ3) is 4.29. The van der Waals surface area contributed by atoms with Crippen LogP contribution in [-0.2, 0) is 20.4 Å². The van der Waals surface area contributed by atoms with Crippen LogP contribution in [0.4, 0.5) is 0 Å². The van der Waals surface area contributed by atoms with Crippen LogP contribution in [0.25, 0.3) is 5.57 Å². The van der Waals surface area contributed by atoms with Gasteiger partial charge in [-0.3, -0.25) is 0 Å². The van der Waals surface area contributed by atoms with E-state index in [1.54, 1.807) is 22.3 Å². The molecule has 0 saturated heterocycles. The largest absolute Gasteiger partial charge is 1.00 e. The maximum Gasteiger partial charge on any atom is -1.00 e. The second kappa shape index (κ2) is 10.3. The summed E-state index contributed by atoms with van der Waals surface area (Å²) in [6.07, 6.45) is 6.52. The molecule has 0 bridgehead atoms. The van der Waals surface area contributed by atoms with Crippen LogP contribution in [0.1, 0.15) is 48.0 Å². The molecule has 2 aliphatic rings. The fraction of sp³-hybridized carbons (Fsp3) is 0.320. The Morgan fingerprint density at radius 2 is 1.63 bits per heavy atom. The normalized spacial score (nSPS) is 19.4. The zero-order valence-electron chi connectivity index (χ0n) is 18.6. The number of hydrogen-bond donors (Lipinski definition) is 0. The first-order valence-electron chi connectivity index (χ1n) is 10.2. The predicted octanol–water partition coefficient (Wildman–Crippen LogP) is 0.705. The van der Waals surface area contributed by atoms with Crippen molar-refractivity contribution in [2.45, 2.75) is 44.4 Å². The van der Waals surface area contributed by atoms with Gasteiger partial charge in [-0.05, 0) is 0 Å². The van der Waals surface area contributed by atoms with Gasteiger partial charge >= 0.3 is 178 Å². The molecule has 2 atom stereocenters. The summed E-state index contributed by atoms with van der Waals surface area (Å²) < 4.78 is 2.54. The van der Waals surface area contributed by atoms with Gasteiger partial charge in [-0.1, -0.05) is 0 Å². The Hall–Kier alpha value is -0.730. The number of benzene rings is 1. The zero-order valence-corrected chi connectivity index (χ0v) is 23.5. The van der Waals surface area contributed by atoms with E-state index >= 15 is 0 Å². The fourth-order valence-corrected chi connectivity index (χ4v) is 24.6. The Morgan fingerprint density at radius 3 is 2.20 bits per heavy atom. The maximum absolute atomic E-state index is 4.39. The van der Waals surface area contributed by atoms with Crippen LogP contribution in [0.15, 0.2) is 74.9 Å². The quantitative estimate of drug-likeness (QED) is 0.530. The van der Waals surface area contributed by atoms with Crippen molar-refractivity contribution in [2.75, 3.05) is 0 Å². The Labute approximate surface area is 201 Å². The number of nitrogens with zero attached hydrogens (tertiary/aromatic N) is 1. The summed E-state index contributed by atoms with van der Waals surface area (Å²) in [4.78, 5) is 4.39. The summed E-state index contributed by atoms with van der Waals surface area (Å²) in [7, 11) is 0. The molecule has 2 aromatic rings. The molecule has 0 N–H and O–H groups in total. The van der Waals surface area contributed by atoms with Crippen LogP contribution >= 0.6 is 0 Å². The van der Waals surface area contributed by atoms with E-state index in [0.717, 1.165) is 0 Å². The smallest absolute Gasteiger partial charge is 1.00 e. The van der Waals surface area contributed by atoms with E-state index in [1.165, 1.54) is 16.7 Å². The van der Waals surface area contributed by atoms with Crippen LogP contribution < -0.4 is 24.8 Å². The van der Waals surface area contributed by atoms with Crippen LogP contribution in [-0.4, -0.2) is 10.4 Å². The minimum atomic E-state index is -1.90. The number of fused-ring (bicyclic) bond motifs is 1. The molecular weight excluding hydrogens is 504 g/mol. The number of rotatable bonds is 3. The zero-order chi connectivity index (χ0) is 20.0. The second-order valence-corrected chi connectivity index (χ2v) is 25.8. The second-order valence-electron chi connectivity index (χ2n) is 8.37. The Kier molecular flexibility index (Phi) is 8.73. The van der Waals surface area contributed by atoms with Crippen molar-refractivity contribution in [3.8, 4) is 0 Å². The molecule has 0 spiro atoms. The molecular formula is C25H29Cl2NSiZr. The van der Waals surface area contributed by atoms with Gasteiger partial charge in [0.05, 0.1) is 0 Å². The molecule has 0 saturated carbocycles. The molecule has 0 amide bonds. The van der Waals surface area contributed by atoms with E-state index in [2.05, 4.69) is 88.2 Å². The molecule has 156 valence electrons. The van der Waals surface area contributed by atoms with E-state index < -0.39 is 20.4 Å². The van der Waals surface area contributed by atoms with Gasteiger partial charge in [0.2, 0.25) is 0 Å². The van der Waals surface area contributed by atoms with Crippen molar-refractivity contribution < 1.29 is 45.2 Å². The van der Waals surface area contributed by atoms with E-state index in [-0.39, 0.29) is 30.2 Å². The average molecular weight is 534 g/mol. The van der Waals surface area contributed by atoms with E-state index in [9.17, 15) is 0 Å². The van der Waals surface area contributed by atoms with E-state index in [1.807, 2.05) is 15.7 Å². The average Bonchev–Trinajstić information content (AvgIpc) is 3.17. The van der Waals surface area contributed by atoms with Crippen molar-refractivity contribution in [3.63, 3.8) is 0 Å². The predicted molar refractivity (Wildman–Crippen MR) is 118 cm³/mol. The standard InChI is InChI=1S/C14H10N.C9H13.C2H6Si.2ClH.Zr/c1-2-6-13-11(4-1)7-8-14(13)12-5-3-9-15-10-12;1-6-5-7(2)9(4)8(6)3;1-3-2;;;/h1-10H;6H,1-4H3;1-2H3;2*1H;/q;;;;;+2/p-2. The minimum Gasteiger partial charge on any atom is -1.00 e. The maximum atomic E-state index is 4.39. The Balaban J connectivity index is 0.00000160. The number of hydrogen-bond acceptors (Lipinski definition) is 1. The summed E-state index contributed by atoms with van der Waals surface area (Å²) in [5.41, 5.74) is 10.1. The van der Waals surface area contributed by atoms with Gasteiger partial charge < -0.3 is 24.8 Å². The molecule has 1 nitrogen and oxygen atoms in total. The third-order valence-electron chi connectivity index (χ3n) is 6.67. The summed E-state index contributed by atoms with van der Waals surface area (Å²) >= 11 is -1.90. The molecule has 1 aromatic carbocycles. The number of aromatic nitrogens is 1. The van der Waals surface area contributed by atoms with Crippen molar-refractivity contribution in [2.24, 2.45) is 5.92 Å². The number of halogens is 2. The van der Waals surface area contributed by atoms with Crippen molar-refractivity contribution in [3.05, 3.63) is 91.6 Å². The van der Waals surface area contributed by atoms with Gasteiger partial charge in [0.1, 0.15) is 0 Å². The molecule has 5 heteroatoms. The van der Waals surface area contributed by atoms with Gasteiger partial charge in [-0.2, -0.15) is 0 Å². The molecule has 0 fully saturated rings. The van der Waals surface area contributed by atoms with Crippen LogP contribution in [0.3, 0.4) is 0 Å². The molecule has 30 heavy (non-hydrogen) atoms. The first-order chi connectivity index (χ1) is 13.4. The number of allylic oxidation sites excluding steroid dienone is 5. The van der Waals surface area contributed by atoms with Crippen molar-refractivity contribution in [1.29, 1.82) is 0 Å². The molecule has 4 rings (SSSR count). The van der Waals surface area contributed by atoms with Crippen LogP contribution in [0, 0.1) is 5.92 Å². The monoisotopic (exact) mass is 531 g/mol. The molecule has 1 aromatic heterocycles. The van der Waals surface area contributed by atoms with E-state index in [4.69, 9.17) is 0 Å². The van der Waals surface area contributed by atoms with Gasteiger partial charge in [-0.15, -0.1) is 0 Å². The molecule has 2 unspecified atom stereocenters. The van der Waals surface area contributed by atoms with Crippen LogP contribution in [0.2, 0.25) is 13.1 Å². The first kappa shape index (κ1) is 25.5. The summed E-state index contributed by atoms with van der Waals surface area (Å²) in [5, 5.41) is 0. The SMILES string of the molecule is CC1=C(C)C(C)[C]([Zr+2]([CH]2C=C(c3cccnc3)c3ccccc32)=[Si](C)C)=C1C.[Cl-].[Cl-]. The van der Waals surface area contributed by atoms with Gasteiger partial charge in [0.15, 0.2) is 0 Å². The molecule has 1 heterocycles. The molecule has 0 radical (unpaired) electrons. The summed E-state index contributed by atoms with van der Waals surface area (Å²) in [5.74, 6) is 0.650. The summed E-state index contributed by atoms with van der Waals surface area (Å²) in [6.45, 7) is 14.7. The fourth-order valence-electron chi connectivity index (χ4n) is 4.92. The van der Waals surface area contributed by atoms with Gasteiger partial charge in [0, 0.05) is 0 Å². The van der Waals surface area contributed by atoms with Gasteiger partial charge in [-0.25, -0.2) is 0 Å². The number of pyridine rings is 1. The van der Waals surface area contributed by atoms with E-state index in [0.29, 0.717) is 9.54 Å². The van der Waals surface area contributed by atoms with Crippen molar-refractivity contribution >= 4 is 11.0 Å². The van der Waals surface area contributed by atoms with Gasteiger partial charge in [0.25, 0.3) is 0 Å². The summed E-state index contributed by atoms with van der Waals surface area (Å²) in [6, 6.07) is 13.4. The molecule has 2 aliphatic carbocycles. The van der Waals surface area contributed by atoms with Crippen molar-refractivity contribution in [1.82, 2.24) is 4.98 Å². The molecule has 0 aliphatic heterocycles. The Morgan fingerprint density at radius 1 is 0.933 bits per heavy atom. The Bertz CT molecular complexity index is 1080. The minimum absolute atomic E-state index is 0. The first-order valence-corrected chi connectivity index (χ1v) is 19.0. The third-order valence-corrected chi connectivity index (χ3v) is 25.2.